The second-order valence-electron chi connectivity index (χ2n) is 5.73. The van der Waals surface area contributed by atoms with Crippen LogP contribution in [0.5, 0.6) is 5.75 Å². The Morgan fingerprint density at radius 2 is 1.83 bits per heavy atom. The van der Waals surface area contributed by atoms with Gasteiger partial charge in [0.1, 0.15) is 5.75 Å². The van der Waals surface area contributed by atoms with Crippen molar-refractivity contribution in [3.8, 4) is 5.75 Å². The second kappa shape index (κ2) is 13.0. The van der Waals surface area contributed by atoms with Crippen LogP contribution in [-0.2, 0) is 19.7 Å². The van der Waals surface area contributed by atoms with E-state index in [1.807, 2.05) is 31.2 Å². The third kappa shape index (κ3) is 8.12. The van der Waals surface area contributed by atoms with E-state index in [0.717, 1.165) is 11.1 Å². The molecule has 0 amide bonds. The zero-order valence-electron chi connectivity index (χ0n) is 15.6. The number of aliphatic hydroxyl groups is 1. The summed E-state index contributed by atoms with van der Waals surface area (Å²) in [6.45, 7) is -0.118. The molecule has 2 rings (SSSR count). The fourth-order valence-corrected chi connectivity index (χ4v) is 3.10. The second-order valence-corrected chi connectivity index (χ2v) is 6.57. The lowest BCUT2D eigenvalue weighted by molar-refractivity contribution is -0.0503. The molecule has 0 aliphatic carbocycles. The summed E-state index contributed by atoms with van der Waals surface area (Å²) in [6, 6.07) is 10.3. The number of benzene rings is 2. The summed E-state index contributed by atoms with van der Waals surface area (Å²) in [7, 11) is 0. The van der Waals surface area contributed by atoms with Crippen molar-refractivity contribution in [1.82, 2.24) is 10.6 Å². The van der Waals surface area contributed by atoms with Gasteiger partial charge in [-0.25, -0.2) is 4.99 Å². The van der Waals surface area contributed by atoms with Crippen LogP contribution in [0.2, 0.25) is 10.0 Å². The van der Waals surface area contributed by atoms with Gasteiger partial charge >= 0.3 is 6.61 Å². The molecule has 0 aromatic heterocycles. The smallest absolute Gasteiger partial charge is 0.387 e. The number of ether oxygens (including phenoxy) is 1. The highest BCUT2D eigenvalue weighted by atomic mass is 127. The molecule has 29 heavy (non-hydrogen) atoms. The molecule has 0 heterocycles. The van der Waals surface area contributed by atoms with Crippen molar-refractivity contribution >= 4 is 53.1 Å². The summed E-state index contributed by atoms with van der Waals surface area (Å²) in [6.07, 6.45) is 0. The van der Waals surface area contributed by atoms with E-state index in [4.69, 9.17) is 23.2 Å². The highest BCUT2D eigenvalue weighted by Crippen LogP contribution is 2.34. The molecule has 2 aromatic carbocycles. The van der Waals surface area contributed by atoms with Crippen molar-refractivity contribution < 1.29 is 18.6 Å². The number of aliphatic imine (C=N–C) groups is 1. The quantitative estimate of drug-likeness (QED) is 0.243. The number of rotatable bonds is 8. The van der Waals surface area contributed by atoms with Gasteiger partial charge in [-0.1, -0.05) is 47.5 Å². The van der Waals surface area contributed by atoms with Crippen LogP contribution >= 0.6 is 47.2 Å². The summed E-state index contributed by atoms with van der Waals surface area (Å²) in [4.78, 5) is 4.39. The number of nitrogens with one attached hydrogen (secondary N) is 2. The zero-order chi connectivity index (χ0) is 20.5. The minimum Gasteiger partial charge on any atom is -0.433 e. The van der Waals surface area contributed by atoms with Crippen LogP contribution in [0, 0.1) is 0 Å². The topological polar surface area (TPSA) is 65.9 Å². The van der Waals surface area contributed by atoms with Gasteiger partial charge in [0.25, 0.3) is 0 Å². The predicted octanol–water partition coefficient (Wildman–Crippen LogP) is 4.96. The number of aliphatic hydroxyl groups excluding tert-OH is 1. The maximum absolute atomic E-state index is 12.7. The standard InChI is InChI=1S/C19H21Cl2F2N3O2.HI/c1-2-24-19(25-9-12-5-3-4-6-13(12)11-27)26-10-14-7-15(20)8-16(21)17(14)28-18(22)23;/h3-8,18,27H,2,9-11H2,1H3,(H2,24,25,26);1H. The molecule has 0 aliphatic rings. The fraction of sp³-hybridized carbons (Fsp3) is 0.316. The van der Waals surface area contributed by atoms with Gasteiger partial charge in [-0.15, -0.1) is 24.0 Å². The monoisotopic (exact) mass is 559 g/mol. The Labute approximate surface area is 195 Å². The number of halogens is 5. The van der Waals surface area contributed by atoms with Crippen LogP contribution in [0.4, 0.5) is 8.78 Å². The molecule has 3 N–H and O–H groups in total. The van der Waals surface area contributed by atoms with Crippen molar-refractivity contribution in [3.05, 3.63) is 63.1 Å². The van der Waals surface area contributed by atoms with E-state index >= 15 is 0 Å². The first kappa shape index (κ1) is 25.7. The molecule has 5 nitrogen and oxygen atoms in total. The van der Waals surface area contributed by atoms with Crippen LogP contribution in [0.1, 0.15) is 23.6 Å². The zero-order valence-corrected chi connectivity index (χ0v) is 19.4. The molecule has 0 bridgehead atoms. The van der Waals surface area contributed by atoms with Gasteiger partial charge in [-0.05, 0) is 30.2 Å². The maximum Gasteiger partial charge on any atom is 0.387 e. The Balaban J connectivity index is 0.00000420. The largest absolute Gasteiger partial charge is 0.433 e. The Bertz CT molecular complexity index is 826. The van der Waals surface area contributed by atoms with Crippen molar-refractivity contribution in [1.29, 1.82) is 0 Å². The minimum atomic E-state index is -3.01. The average Bonchev–Trinajstić information content (AvgIpc) is 2.66. The van der Waals surface area contributed by atoms with Crippen LogP contribution < -0.4 is 15.4 Å². The minimum absolute atomic E-state index is 0. The first-order valence-electron chi connectivity index (χ1n) is 8.57. The van der Waals surface area contributed by atoms with E-state index in [2.05, 4.69) is 20.4 Å². The first-order chi connectivity index (χ1) is 13.4. The summed E-state index contributed by atoms with van der Waals surface area (Å²) >= 11 is 12.0. The number of hydrogen-bond donors (Lipinski definition) is 3. The first-order valence-corrected chi connectivity index (χ1v) is 9.32. The Morgan fingerprint density at radius 1 is 1.14 bits per heavy atom. The lowest BCUT2D eigenvalue weighted by atomic mass is 10.1. The SMILES string of the molecule is CCNC(=NCc1cc(Cl)cc(Cl)c1OC(F)F)NCc1ccccc1CO.I. The van der Waals surface area contributed by atoms with Gasteiger partial charge in [0.2, 0.25) is 0 Å². The number of alkyl halides is 2. The highest BCUT2D eigenvalue weighted by molar-refractivity contribution is 14.0. The summed E-state index contributed by atoms with van der Waals surface area (Å²) in [5.74, 6) is 0.320. The molecule has 0 radical (unpaired) electrons. The number of hydrogen-bond acceptors (Lipinski definition) is 3. The molecule has 0 unspecified atom stereocenters. The van der Waals surface area contributed by atoms with Gasteiger partial charge in [-0.3, -0.25) is 0 Å². The average molecular weight is 560 g/mol. The van der Waals surface area contributed by atoms with Crippen LogP contribution in [0.3, 0.4) is 0 Å². The third-order valence-electron chi connectivity index (χ3n) is 3.78. The Kier molecular flexibility index (Phi) is 11.6. The highest BCUT2D eigenvalue weighted by Gasteiger charge is 2.15. The Morgan fingerprint density at radius 3 is 2.45 bits per heavy atom. The van der Waals surface area contributed by atoms with E-state index in [-0.39, 0.29) is 47.9 Å². The summed E-state index contributed by atoms with van der Waals surface area (Å²) in [5.41, 5.74) is 2.06. The summed E-state index contributed by atoms with van der Waals surface area (Å²) in [5, 5.41) is 15.9. The molecular weight excluding hydrogens is 538 g/mol. The van der Waals surface area contributed by atoms with Crippen LogP contribution in [0.25, 0.3) is 0 Å². The molecule has 0 spiro atoms. The number of guanidine groups is 1. The molecule has 0 saturated heterocycles. The van der Waals surface area contributed by atoms with Gasteiger partial charge in [0.15, 0.2) is 5.96 Å². The molecule has 0 aliphatic heterocycles. The molecule has 0 fully saturated rings. The number of nitrogens with zero attached hydrogens (tertiary/aromatic N) is 1. The van der Waals surface area contributed by atoms with E-state index in [1.165, 1.54) is 12.1 Å². The molecule has 160 valence electrons. The van der Waals surface area contributed by atoms with Crippen molar-refractivity contribution in [2.24, 2.45) is 4.99 Å². The fourth-order valence-electron chi connectivity index (χ4n) is 2.52. The van der Waals surface area contributed by atoms with Crippen molar-refractivity contribution in [2.45, 2.75) is 33.2 Å². The van der Waals surface area contributed by atoms with E-state index < -0.39 is 6.61 Å². The maximum atomic E-state index is 12.7. The summed E-state index contributed by atoms with van der Waals surface area (Å²) < 4.78 is 29.9. The van der Waals surface area contributed by atoms with E-state index in [9.17, 15) is 13.9 Å². The normalized spacial score (nSPS) is 11.2. The van der Waals surface area contributed by atoms with Gasteiger partial charge in [-0.2, -0.15) is 8.78 Å². The molecule has 2 aromatic rings. The van der Waals surface area contributed by atoms with Gasteiger partial charge < -0.3 is 20.5 Å². The molecular formula is C19H22Cl2F2IN3O2. The van der Waals surface area contributed by atoms with Crippen molar-refractivity contribution in [2.75, 3.05) is 6.54 Å². The Hall–Kier alpha value is -1.36. The third-order valence-corrected chi connectivity index (χ3v) is 4.28. The van der Waals surface area contributed by atoms with Crippen LogP contribution in [0.15, 0.2) is 41.4 Å². The lowest BCUT2D eigenvalue weighted by Gasteiger charge is -2.15. The molecule has 0 atom stereocenters. The van der Waals surface area contributed by atoms with E-state index in [0.29, 0.717) is 29.6 Å². The molecule has 0 saturated carbocycles. The predicted molar refractivity (Wildman–Crippen MR) is 123 cm³/mol. The van der Waals surface area contributed by atoms with Gasteiger partial charge in [0.05, 0.1) is 18.2 Å². The van der Waals surface area contributed by atoms with Crippen LogP contribution in [-0.4, -0.2) is 24.2 Å². The van der Waals surface area contributed by atoms with Gasteiger partial charge in [0, 0.05) is 23.7 Å². The lowest BCUT2D eigenvalue weighted by Crippen LogP contribution is -2.37. The van der Waals surface area contributed by atoms with Crippen molar-refractivity contribution in [3.63, 3.8) is 0 Å². The molecule has 10 heteroatoms. The van der Waals surface area contributed by atoms with E-state index in [1.54, 1.807) is 0 Å².